The first-order valence-electron chi connectivity index (χ1n) is 5.23. The Kier molecular flexibility index (Phi) is 3.24. The van der Waals surface area contributed by atoms with Crippen molar-refractivity contribution in [3.63, 3.8) is 0 Å². The summed E-state index contributed by atoms with van der Waals surface area (Å²) >= 11 is 1.52. The number of hydrogen-bond donors (Lipinski definition) is 1. The number of rotatable bonds is 3. The molecule has 1 fully saturated rings. The van der Waals surface area contributed by atoms with Crippen LogP contribution in [0.2, 0.25) is 0 Å². The number of carboxylic acid groups (broad SMARTS) is 1. The third-order valence-electron chi connectivity index (χ3n) is 2.76. The highest BCUT2D eigenvalue weighted by Crippen LogP contribution is 2.19. The summed E-state index contributed by atoms with van der Waals surface area (Å²) < 4.78 is 0. The van der Waals surface area contributed by atoms with E-state index in [9.17, 15) is 9.59 Å². The second-order valence-corrected chi connectivity index (χ2v) is 4.87. The van der Waals surface area contributed by atoms with Gasteiger partial charge in [0.05, 0.1) is 6.42 Å². The summed E-state index contributed by atoms with van der Waals surface area (Å²) in [5, 5.41) is 10.9. The number of thiophene rings is 1. The fraction of sp³-hybridized carbons (Fsp3) is 0.455. The van der Waals surface area contributed by atoms with Crippen LogP contribution in [0.5, 0.6) is 0 Å². The average molecular weight is 239 g/mol. The van der Waals surface area contributed by atoms with Crippen molar-refractivity contribution in [2.24, 2.45) is 0 Å². The van der Waals surface area contributed by atoms with E-state index in [1.165, 1.54) is 16.2 Å². The van der Waals surface area contributed by atoms with Crippen molar-refractivity contribution in [1.82, 2.24) is 4.90 Å². The number of carbonyl (C=O) groups is 2. The molecule has 1 amide bonds. The van der Waals surface area contributed by atoms with Crippen molar-refractivity contribution < 1.29 is 14.7 Å². The van der Waals surface area contributed by atoms with Crippen molar-refractivity contribution in [2.75, 3.05) is 6.54 Å². The smallest absolute Gasteiger partial charge is 0.326 e. The fourth-order valence-corrected chi connectivity index (χ4v) is 2.68. The van der Waals surface area contributed by atoms with Gasteiger partial charge in [-0.1, -0.05) is 6.07 Å². The molecule has 86 valence electrons. The maximum Gasteiger partial charge on any atom is 0.326 e. The topological polar surface area (TPSA) is 57.6 Å². The molecule has 4 nitrogen and oxygen atoms in total. The lowest BCUT2D eigenvalue weighted by Crippen LogP contribution is -2.41. The molecule has 2 rings (SSSR count). The van der Waals surface area contributed by atoms with Gasteiger partial charge in [0.1, 0.15) is 6.04 Å². The molecule has 16 heavy (non-hydrogen) atoms. The third-order valence-corrected chi connectivity index (χ3v) is 3.64. The highest BCUT2D eigenvalue weighted by molar-refractivity contribution is 7.10. The van der Waals surface area contributed by atoms with Crippen LogP contribution in [-0.4, -0.2) is 34.5 Å². The van der Waals surface area contributed by atoms with Crippen LogP contribution in [0, 0.1) is 0 Å². The molecule has 0 aliphatic carbocycles. The van der Waals surface area contributed by atoms with Gasteiger partial charge in [-0.15, -0.1) is 11.3 Å². The van der Waals surface area contributed by atoms with Crippen LogP contribution in [0.4, 0.5) is 0 Å². The van der Waals surface area contributed by atoms with Crippen LogP contribution >= 0.6 is 11.3 Å². The maximum atomic E-state index is 11.9. The summed E-state index contributed by atoms with van der Waals surface area (Å²) in [7, 11) is 0. The van der Waals surface area contributed by atoms with Crippen molar-refractivity contribution >= 4 is 23.2 Å². The largest absolute Gasteiger partial charge is 0.480 e. The van der Waals surface area contributed by atoms with Gasteiger partial charge in [0, 0.05) is 11.4 Å². The minimum atomic E-state index is -0.892. The molecule has 1 aromatic rings. The molecule has 0 spiro atoms. The van der Waals surface area contributed by atoms with Gasteiger partial charge in [-0.3, -0.25) is 4.79 Å². The first-order valence-corrected chi connectivity index (χ1v) is 6.11. The molecular formula is C11H13NO3S. The van der Waals surface area contributed by atoms with Gasteiger partial charge in [0.15, 0.2) is 0 Å². The van der Waals surface area contributed by atoms with Crippen LogP contribution in [0.1, 0.15) is 17.7 Å². The van der Waals surface area contributed by atoms with E-state index >= 15 is 0 Å². The van der Waals surface area contributed by atoms with Gasteiger partial charge >= 0.3 is 5.97 Å². The summed E-state index contributed by atoms with van der Waals surface area (Å²) in [6.45, 7) is 0.571. The average Bonchev–Trinajstić information content (AvgIpc) is 2.86. The van der Waals surface area contributed by atoms with Crippen molar-refractivity contribution in [1.29, 1.82) is 0 Å². The number of carboxylic acids is 1. The molecule has 0 saturated carbocycles. The Balaban J connectivity index is 2.01. The number of carbonyl (C=O) groups excluding carboxylic acids is 1. The Bertz CT molecular complexity index is 388. The molecule has 1 aromatic heterocycles. The molecule has 0 unspecified atom stereocenters. The van der Waals surface area contributed by atoms with E-state index in [1.807, 2.05) is 17.5 Å². The first-order chi connectivity index (χ1) is 7.68. The van der Waals surface area contributed by atoms with Crippen LogP contribution in [-0.2, 0) is 16.0 Å². The zero-order valence-electron chi connectivity index (χ0n) is 8.76. The molecule has 5 heteroatoms. The molecule has 1 aliphatic rings. The molecule has 0 radical (unpaired) electrons. The number of aliphatic carboxylic acids is 1. The van der Waals surface area contributed by atoms with E-state index in [0.717, 1.165) is 11.3 Å². The lowest BCUT2D eigenvalue weighted by atomic mass is 10.2. The number of hydrogen-bond acceptors (Lipinski definition) is 3. The summed E-state index contributed by atoms with van der Waals surface area (Å²) in [6.07, 6.45) is 1.68. The molecule has 0 aromatic carbocycles. The highest BCUT2D eigenvalue weighted by atomic mass is 32.1. The van der Waals surface area contributed by atoms with E-state index < -0.39 is 12.0 Å². The van der Waals surface area contributed by atoms with Gasteiger partial charge in [-0.25, -0.2) is 4.79 Å². The lowest BCUT2D eigenvalue weighted by molar-refractivity contribution is -0.147. The van der Waals surface area contributed by atoms with Gasteiger partial charge in [-0.2, -0.15) is 0 Å². The van der Waals surface area contributed by atoms with Crippen LogP contribution in [0.3, 0.4) is 0 Å². The Morgan fingerprint density at radius 3 is 3.00 bits per heavy atom. The molecule has 1 aliphatic heterocycles. The molecule has 2 heterocycles. The van der Waals surface area contributed by atoms with Crippen molar-refractivity contribution in [3.8, 4) is 0 Å². The minimum Gasteiger partial charge on any atom is -0.480 e. The molecular weight excluding hydrogens is 226 g/mol. The maximum absolute atomic E-state index is 11.9. The second kappa shape index (κ2) is 4.65. The van der Waals surface area contributed by atoms with E-state index in [-0.39, 0.29) is 5.91 Å². The number of amides is 1. The fourth-order valence-electron chi connectivity index (χ4n) is 1.99. The zero-order valence-corrected chi connectivity index (χ0v) is 9.57. The van der Waals surface area contributed by atoms with Gasteiger partial charge in [-0.05, 0) is 24.3 Å². The summed E-state index contributed by atoms with van der Waals surface area (Å²) in [6, 6.07) is 3.17. The van der Waals surface area contributed by atoms with Crippen molar-refractivity contribution in [3.05, 3.63) is 22.4 Å². The Labute approximate surface area is 97.5 Å². The number of nitrogens with zero attached hydrogens (tertiary/aromatic N) is 1. The lowest BCUT2D eigenvalue weighted by Gasteiger charge is -2.20. The van der Waals surface area contributed by atoms with Gasteiger partial charge in [0.2, 0.25) is 5.91 Å². The Hall–Kier alpha value is -1.36. The molecule has 1 N–H and O–H groups in total. The SMILES string of the molecule is O=C(O)[C@H]1CCCN1C(=O)Cc1cccs1. The standard InChI is InChI=1S/C11H13NO3S/c13-10(7-8-3-2-6-16-8)12-5-1-4-9(12)11(14)15/h2-3,6,9H,1,4-5,7H2,(H,14,15)/t9-/m1/s1. The Morgan fingerprint density at radius 1 is 1.56 bits per heavy atom. The zero-order chi connectivity index (χ0) is 11.5. The predicted octanol–water partition coefficient (Wildman–Crippen LogP) is 1.37. The quantitative estimate of drug-likeness (QED) is 0.866. The summed E-state index contributed by atoms with van der Waals surface area (Å²) in [5.74, 6) is -0.968. The normalized spacial score (nSPS) is 20.0. The van der Waals surface area contributed by atoms with Gasteiger partial charge < -0.3 is 10.0 Å². The van der Waals surface area contributed by atoms with Crippen LogP contribution in [0.15, 0.2) is 17.5 Å². The van der Waals surface area contributed by atoms with E-state index in [4.69, 9.17) is 5.11 Å². The van der Waals surface area contributed by atoms with Gasteiger partial charge in [0.25, 0.3) is 0 Å². The summed E-state index contributed by atoms with van der Waals surface area (Å²) in [4.78, 5) is 25.3. The molecule has 0 bridgehead atoms. The highest BCUT2D eigenvalue weighted by Gasteiger charge is 2.33. The second-order valence-electron chi connectivity index (χ2n) is 3.84. The van der Waals surface area contributed by atoms with Crippen LogP contribution < -0.4 is 0 Å². The molecule has 1 atom stereocenters. The molecule has 1 saturated heterocycles. The van der Waals surface area contributed by atoms with E-state index in [1.54, 1.807) is 0 Å². The minimum absolute atomic E-state index is 0.0765. The van der Waals surface area contributed by atoms with E-state index in [2.05, 4.69) is 0 Å². The third kappa shape index (κ3) is 2.24. The Morgan fingerprint density at radius 2 is 2.38 bits per heavy atom. The monoisotopic (exact) mass is 239 g/mol. The van der Waals surface area contributed by atoms with E-state index in [0.29, 0.717) is 19.4 Å². The summed E-state index contributed by atoms with van der Waals surface area (Å²) in [5.41, 5.74) is 0. The van der Waals surface area contributed by atoms with Crippen molar-refractivity contribution in [2.45, 2.75) is 25.3 Å². The van der Waals surface area contributed by atoms with Crippen LogP contribution in [0.25, 0.3) is 0 Å². The predicted molar refractivity (Wildman–Crippen MR) is 60.4 cm³/mol. The first kappa shape index (κ1) is 11.1. The number of likely N-dealkylation sites (tertiary alicyclic amines) is 1.